The first-order valence-corrected chi connectivity index (χ1v) is 10.8. The molecule has 0 saturated heterocycles. The molecule has 0 atom stereocenters. The van der Waals surface area contributed by atoms with Crippen molar-refractivity contribution in [1.29, 1.82) is 0 Å². The summed E-state index contributed by atoms with van der Waals surface area (Å²) >= 11 is 0. The molecule has 8 heteroatoms. The molecule has 7 nitrogen and oxygen atoms in total. The number of rotatable bonds is 9. The number of H-pyrrole nitrogens is 1. The van der Waals surface area contributed by atoms with Crippen molar-refractivity contribution in [1.82, 2.24) is 20.9 Å². The highest BCUT2D eigenvalue weighted by atomic mass is 127. The molecule has 5 N–H and O–H groups in total. The summed E-state index contributed by atoms with van der Waals surface area (Å²) in [7, 11) is 0. The van der Waals surface area contributed by atoms with Crippen molar-refractivity contribution < 1.29 is 9.90 Å². The van der Waals surface area contributed by atoms with Gasteiger partial charge in [-0.3, -0.25) is 9.79 Å². The van der Waals surface area contributed by atoms with E-state index in [1.807, 2.05) is 6.92 Å². The van der Waals surface area contributed by atoms with Crippen molar-refractivity contribution in [2.75, 3.05) is 26.2 Å². The number of hydrogen-bond acceptors (Lipinski definition) is 3. The Kier molecular flexibility index (Phi) is 10.3. The minimum Gasteiger partial charge on any atom is -0.508 e. The van der Waals surface area contributed by atoms with Gasteiger partial charge in [-0.2, -0.15) is 0 Å². The van der Waals surface area contributed by atoms with Crippen molar-refractivity contribution in [3.8, 4) is 5.75 Å². The van der Waals surface area contributed by atoms with Gasteiger partial charge in [0.05, 0.1) is 0 Å². The first-order valence-electron chi connectivity index (χ1n) is 10.8. The zero-order chi connectivity index (χ0) is 22.1. The van der Waals surface area contributed by atoms with Crippen LogP contribution in [-0.4, -0.2) is 48.1 Å². The molecule has 0 fully saturated rings. The molecular formula is C24H32IN5O2. The van der Waals surface area contributed by atoms with Crippen LogP contribution in [0.15, 0.2) is 53.7 Å². The Balaban J connectivity index is 0.00000363. The highest BCUT2D eigenvalue weighted by molar-refractivity contribution is 14.0. The summed E-state index contributed by atoms with van der Waals surface area (Å²) in [6.07, 6.45) is 3.94. The number of carbonyl (C=O) groups is 1. The van der Waals surface area contributed by atoms with Crippen LogP contribution in [0.3, 0.4) is 0 Å². The van der Waals surface area contributed by atoms with Crippen LogP contribution in [0.25, 0.3) is 10.9 Å². The monoisotopic (exact) mass is 549 g/mol. The molecule has 2 aromatic carbocycles. The van der Waals surface area contributed by atoms with E-state index in [9.17, 15) is 9.90 Å². The number of amides is 1. The van der Waals surface area contributed by atoms with Crippen LogP contribution in [0.5, 0.6) is 5.75 Å². The number of halogens is 1. The summed E-state index contributed by atoms with van der Waals surface area (Å²) < 4.78 is 0. The molecule has 0 aliphatic rings. The van der Waals surface area contributed by atoms with Gasteiger partial charge >= 0.3 is 0 Å². The number of benzene rings is 2. The summed E-state index contributed by atoms with van der Waals surface area (Å²) in [4.78, 5) is 20.2. The van der Waals surface area contributed by atoms with Crippen LogP contribution in [-0.2, 0) is 12.8 Å². The second-order valence-corrected chi connectivity index (χ2v) is 7.25. The van der Waals surface area contributed by atoms with Crippen LogP contribution in [0.1, 0.15) is 35.3 Å². The number of aromatic nitrogens is 1. The van der Waals surface area contributed by atoms with E-state index >= 15 is 0 Å². The summed E-state index contributed by atoms with van der Waals surface area (Å²) in [6.45, 7) is 6.64. The molecular weight excluding hydrogens is 517 g/mol. The molecule has 0 spiro atoms. The van der Waals surface area contributed by atoms with Gasteiger partial charge in [-0.05, 0) is 55.2 Å². The average molecular weight is 549 g/mol. The van der Waals surface area contributed by atoms with E-state index in [2.05, 4.69) is 57.2 Å². The van der Waals surface area contributed by atoms with Crippen LogP contribution < -0.4 is 16.0 Å². The van der Waals surface area contributed by atoms with Crippen LogP contribution in [0.2, 0.25) is 0 Å². The lowest BCUT2D eigenvalue weighted by Crippen LogP contribution is -2.41. The van der Waals surface area contributed by atoms with Gasteiger partial charge in [0.1, 0.15) is 5.75 Å². The molecule has 0 aliphatic carbocycles. The number of guanidine groups is 1. The van der Waals surface area contributed by atoms with E-state index in [4.69, 9.17) is 0 Å². The van der Waals surface area contributed by atoms with Gasteiger partial charge < -0.3 is 26.0 Å². The highest BCUT2D eigenvalue weighted by Gasteiger charge is 2.07. The fraction of sp³-hybridized carbons (Fsp3) is 0.333. The maximum atomic E-state index is 12.1. The molecule has 0 aliphatic heterocycles. The van der Waals surface area contributed by atoms with Crippen LogP contribution in [0.4, 0.5) is 0 Å². The predicted molar refractivity (Wildman–Crippen MR) is 141 cm³/mol. The number of phenols is 1. The SMILES string of the molecule is CCNC(=NCCc1c[nH]c2c(CC)cccc12)NCCNC(=O)c1ccc(O)cc1.I. The number of aromatic hydroxyl groups is 1. The Labute approximate surface area is 206 Å². The fourth-order valence-electron chi connectivity index (χ4n) is 3.48. The summed E-state index contributed by atoms with van der Waals surface area (Å²) in [6, 6.07) is 12.6. The molecule has 1 amide bonds. The van der Waals surface area contributed by atoms with Gasteiger partial charge in [0.25, 0.3) is 5.91 Å². The second-order valence-electron chi connectivity index (χ2n) is 7.25. The van der Waals surface area contributed by atoms with Crippen molar-refractivity contribution >= 4 is 46.7 Å². The van der Waals surface area contributed by atoms with Gasteiger partial charge in [-0.15, -0.1) is 24.0 Å². The Morgan fingerprint density at radius 2 is 1.75 bits per heavy atom. The predicted octanol–water partition coefficient (Wildman–Crippen LogP) is 3.58. The quantitative estimate of drug-likeness (QED) is 0.122. The Hall–Kier alpha value is -2.75. The number of hydrogen-bond donors (Lipinski definition) is 5. The van der Waals surface area contributed by atoms with Crippen LogP contribution >= 0.6 is 24.0 Å². The average Bonchev–Trinajstić information content (AvgIpc) is 3.20. The van der Waals surface area contributed by atoms with Crippen molar-refractivity contribution in [3.05, 3.63) is 65.4 Å². The normalized spacial score (nSPS) is 11.1. The maximum absolute atomic E-state index is 12.1. The lowest BCUT2D eigenvalue weighted by Gasteiger charge is -2.12. The van der Waals surface area contributed by atoms with Crippen molar-refractivity contribution in [3.63, 3.8) is 0 Å². The number of para-hydroxylation sites is 1. The Morgan fingerprint density at radius 1 is 1.00 bits per heavy atom. The standard InChI is InChI=1S/C24H31N5O2.HI/c1-3-17-6-5-7-21-19(16-29-22(17)21)12-13-27-24(25-4-2)28-15-14-26-23(31)18-8-10-20(30)11-9-18;/h5-11,16,29-30H,3-4,12-15H2,1-2H3,(H,26,31)(H2,25,27,28);1H. The fourth-order valence-corrected chi connectivity index (χ4v) is 3.48. The van der Waals surface area contributed by atoms with E-state index in [1.54, 1.807) is 12.1 Å². The number of nitrogens with zero attached hydrogens (tertiary/aromatic N) is 1. The summed E-state index contributed by atoms with van der Waals surface area (Å²) in [5, 5.41) is 19.9. The van der Waals surface area contributed by atoms with Gasteiger partial charge in [0.15, 0.2) is 5.96 Å². The smallest absolute Gasteiger partial charge is 0.251 e. The first-order chi connectivity index (χ1) is 15.1. The Morgan fingerprint density at radius 3 is 2.47 bits per heavy atom. The topological polar surface area (TPSA) is 102 Å². The number of aryl methyl sites for hydroxylation is 1. The molecule has 3 aromatic rings. The van der Waals surface area contributed by atoms with Crippen molar-refractivity contribution in [2.45, 2.75) is 26.7 Å². The zero-order valence-electron chi connectivity index (χ0n) is 18.6. The number of aromatic amines is 1. The van der Waals surface area contributed by atoms with Crippen molar-refractivity contribution in [2.24, 2.45) is 4.99 Å². The van der Waals surface area contributed by atoms with Gasteiger partial charge in [-0.1, -0.05) is 25.1 Å². The number of aliphatic imine (C=N–C) groups is 1. The third-order valence-corrected chi connectivity index (χ3v) is 5.10. The van der Waals surface area contributed by atoms with E-state index in [-0.39, 0.29) is 35.6 Å². The minimum absolute atomic E-state index is 0. The molecule has 0 bridgehead atoms. The van der Waals surface area contributed by atoms with Gasteiger partial charge in [0, 0.05) is 48.8 Å². The number of phenolic OH excluding ortho intramolecular Hbond substituents is 1. The third kappa shape index (κ3) is 6.88. The minimum atomic E-state index is -0.172. The highest BCUT2D eigenvalue weighted by Crippen LogP contribution is 2.22. The Bertz CT molecular complexity index is 1030. The molecule has 3 rings (SSSR count). The number of carbonyl (C=O) groups excluding carboxylic acids is 1. The van der Waals surface area contributed by atoms with E-state index in [0.29, 0.717) is 25.2 Å². The lowest BCUT2D eigenvalue weighted by molar-refractivity contribution is 0.0954. The number of fused-ring (bicyclic) bond motifs is 1. The van der Waals surface area contributed by atoms with Gasteiger partial charge in [-0.25, -0.2) is 0 Å². The lowest BCUT2D eigenvalue weighted by atomic mass is 10.1. The summed E-state index contributed by atoms with van der Waals surface area (Å²) in [5.41, 5.74) is 4.34. The maximum Gasteiger partial charge on any atom is 0.251 e. The van der Waals surface area contributed by atoms with Gasteiger partial charge in [0.2, 0.25) is 0 Å². The second kappa shape index (κ2) is 12.9. The first kappa shape index (κ1) is 25.5. The van der Waals surface area contributed by atoms with E-state index in [1.165, 1.54) is 34.2 Å². The largest absolute Gasteiger partial charge is 0.508 e. The van der Waals surface area contributed by atoms with Crippen LogP contribution in [0, 0.1) is 0 Å². The molecule has 0 saturated carbocycles. The molecule has 32 heavy (non-hydrogen) atoms. The molecule has 0 radical (unpaired) electrons. The summed E-state index contributed by atoms with van der Waals surface area (Å²) in [5.74, 6) is 0.702. The molecule has 0 unspecified atom stereocenters. The zero-order valence-corrected chi connectivity index (χ0v) is 20.9. The van der Waals surface area contributed by atoms with E-state index in [0.717, 1.165) is 25.3 Å². The molecule has 172 valence electrons. The van der Waals surface area contributed by atoms with E-state index < -0.39 is 0 Å². The number of nitrogens with one attached hydrogen (secondary N) is 4. The molecule has 1 aromatic heterocycles. The molecule has 1 heterocycles. The third-order valence-electron chi connectivity index (χ3n) is 5.10.